The van der Waals surface area contributed by atoms with Crippen molar-refractivity contribution in [3.8, 4) is 0 Å². The van der Waals surface area contributed by atoms with Gasteiger partial charge < -0.3 is 5.32 Å². The molecule has 2 saturated heterocycles. The number of nitrogens with zero attached hydrogens (tertiary/aromatic N) is 1. The predicted molar refractivity (Wildman–Crippen MR) is 71.0 cm³/mol. The molecule has 2 unspecified atom stereocenters. The molecule has 1 N–H and O–H groups in total. The quantitative estimate of drug-likeness (QED) is 0.860. The second kappa shape index (κ2) is 5.11. The zero-order valence-corrected chi connectivity index (χ0v) is 10.6. The van der Waals surface area contributed by atoms with Crippen molar-refractivity contribution in [2.45, 2.75) is 31.8 Å². The summed E-state index contributed by atoms with van der Waals surface area (Å²) in [4.78, 5) is 13.9. The van der Waals surface area contributed by atoms with Crippen LogP contribution < -0.4 is 5.32 Å². The van der Waals surface area contributed by atoms with Crippen LogP contribution in [0.15, 0.2) is 30.3 Å². The van der Waals surface area contributed by atoms with Crippen LogP contribution in [0, 0.1) is 5.92 Å². The largest absolute Gasteiger partial charge is 0.352 e. The summed E-state index contributed by atoms with van der Waals surface area (Å²) < 4.78 is 0. The first kappa shape index (κ1) is 11.7. The highest BCUT2D eigenvalue weighted by Gasteiger charge is 2.33. The molecule has 96 valence electrons. The Labute approximate surface area is 108 Å². The number of carbonyl (C=O) groups excluding carboxylic acids is 1. The van der Waals surface area contributed by atoms with Gasteiger partial charge in [0.05, 0.1) is 0 Å². The number of benzene rings is 1. The van der Waals surface area contributed by atoms with Gasteiger partial charge in [-0.05, 0) is 30.9 Å². The van der Waals surface area contributed by atoms with Gasteiger partial charge in [0.1, 0.15) is 0 Å². The molecule has 2 aliphatic rings. The number of rotatable bonds is 2. The van der Waals surface area contributed by atoms with Crippen molar-refractivity contribution >= 4 is 5.91 Å². The summed E-state index contributed by atoms with van der Waals surface area (Å²) in [6.07, 6.45) is 3.02. The zero-order chi connectivity index (χ0) is 12.4. The van der Waals surface area contributed by atoms with E-state index >= 15 is 0 Å². The summed E-state index contributed by atoms with van der Waals surface area (Å²) in [6.45, 7) is 3.16. The topological polar surface area (TPSA) is 32.3 Å². The fourth-order valence-electron chi connectivity index (χ4n) is 3.16. The minimum Gasteiger partial charge on any atom is -0.352 e. The molecular weight excluding hydrogens is 224 g/mol. The van der Waals surface area contributed by atoms with E-state index in [0.29, 0.717) is 12.0 Å². The Bertz CT molecular complexity index is 418. The number of amides is 1. The van der Waals surface area contributed by atoms with Crippen molar-refractivity contribution in [3.05, 3.63) is 35.9 Å². The highest BCUT2D eigenvalue weighted by Crippen LogP contribution is 2.26. The molecule has 0 radical (unpaired) electrons. The highest BCUT2D eigenvalue weighted by molar-refractivity contribution is 5.77. The van der Waals surface area contributed by atoms with Crippen molar-refractivity contribution in [3.63, 3.8) is 0 Å². The van der Waals surface area contributed by atoms with Crippen molar-refractivity contribution in [1.82, 2.24) is 10.2 Å². The van der Waals surface area contributed by atoms with Crippen LogP contribution >= 0.6 is 0 Å². The monoisotopic (exact) mass is 244 g/mol. The average molecular weight is 244 g/mol. The summed E-state index contributed by atoms with van der Waals surface area (Å²) in [7, 11) is 0. The molecule has 2 atom stereocenters. The van der Waals surface area contributed by atoms with Crippen LogP contribution in [0.2, 0.25) is 0 Å². The molecule has 2 fully saturated rings. The van der Waals surface area contributed by atoms with Gasteiger partial charge >= 0.3 is 0 Å². The first-order valence-corrected chi connectivity index (χ1v) is 6.87. The lowest BCUT2D eigenvalue weighted by molar-refractivity contribution is -0.125. The molecule has 0 spiro atoms. The molecule has 1 amide bonds. The molecule has 0 bridgehead atoms. The summed E-state index contributed by atoms with van der Waals surface area (Å²) in [5.74, 6) is 0.938. The maximum Gasteiger partial charge on any atom is 0.220 e. The van der Waals surface area contributed by atoms with Gasteiger partial charge in [-0.25, -0.2) is 0 Å². The molecular formula is C15H20N2O. The molecule has 1 aromatic carbocycles. The molecule has 2 aliphatic heterocycles. The van der Waals surface area contributed by atoms with E-state index in [-0.39, 0.29) is 5.91 Å². The second-order valence-electron chi connectivity index (χ2n) is 5.48. The van der Waals surface area contributed by atoms with Crippen molar-refractivity contribution in [2.24, 2.45) is 5.92 Å². The Kier molecular flexibility index (Phi) is 3.33. The highest BCUT2D eigenvalue weighted by atomic mass is 16.1. The fourth-order valence-corrected chi connectivity index (χ4v) is 3.16. The van der Waals surface area contributed by atoms with E-state index in [9.17, 15) is 4.79 Å². The van der Waals surface area contributed by atoms with E-state index in [4.69, 9.17) is 0 Å². The normalized spacial score (nSPS) is 28.6. The third kappa shape index (κ3) is 2.56. The molecule has 1 aromatic rings. The Morgan fingerprint density at radius 1 is 1.22 bits per heavy atom. The number of carbonyl (C=O) groups is 1. The first-order chi connectivity index (χ1) is 8.81. The number of likely N-dealkylation sites (tertiary alicyclic amines) is 1. The zero-order valence-electron chi connectivity index (χ0n) is 10.6. The van der Waals surface area contributed by atoms with Crippen LogP contribution in [-0.4, -0.2) is 29.9 Å². The SMILES string of the molecule is O=C1CCC2CCN(Cc3ccccc3)CC2N1. The van der Waals surface area contributed by atoms with Crippen LogP contribution in [0.5, 0.6) is 0 Å². The lowest BCUT2D eigenvalue weighted by atomic mass is 9.84. The lowest BCUT2D eigenvalue weighted by Gasteiger charge is -2.41. The van der Waals surface area contributed by atoms with Gasteiger partial charge in [-0.15, -0.1) is 0 Å². The van der Waals surface area contributed by atoms with E-state index < -0.39 is 0 Å². The average Bonchev–Trinajstić information content (AvgIpc) is 2.39. The van der Waals surface area contributed by atoms with Crippen LogP contribution in [0.4, 0.5) is 0 Å². The summed E-state index contributed by atoms with van der Waals surface area (Å²) in [5, 5.41) is 3.15. The van der Waals surface area contributed by atoms with Gasteiger partial charge in [-0.1, -0.05) is 30.3 Å². The van der Waals surface area contributed by atoms with Crippen molar-refractivity contribution in [1.29, 1.82) is 0 Å². The number of hydrogen-bond donors (Lipinski definition) is 1. The smallest absolute Gasteiger partial charge is 0.220 e. The molecule has 0 saturated carbocycles. The summed E-state index contributed by atoms with van der Waals surface area (Å²) in [5.41, 5.74) is 1.36. The molecule has 0 aromatic heterocycles. The van der Waals surface area contributed by atoms with Crippen LogP contribution in [0.25, 0.3) is 0 Å². The van der Waals surface area contributed by atoms with E-state index in [1.54, 1.807) is 0 Å². The number of hydrogen-bond acceptors (Lipinski definition) is 2. The maximum absolute atomic E-state index is 11.5. The van der Waals surface area contributed by atoms with Crippen LogP contribution in [0.3, 0.4) is 0 Å². The predicted octanol–water partition coefficient (Wildman–Crippen LogP) is 1.79. The van der Waals surface area contributed by atoms with Gasteiger partial charge in [0.15, 0.2) is 0 Å². The molecule has 0 aliphatic carbocycles. The van der Waals surface area contributed by atoms with Gasteiger partial charge in [-0.3, -0.25) is 9.69 Å². The van der Waals surface area contributed by atoms with Gasteiger partial charge in [0.2, 0.25) is 5.91 Å². The lowest BCUT2D eigenvalue weighted by Crippen LogP contribution is -2.55. The Morgan fingerprint density at radius 3 is 2.89 bits per heavy atom. The van der Waals surface area contributed by atoms with E-state index in [2.05, 4.69) is 40.5 Å². The van der Waals surface area contributed by atoms with Gasteiger partial charge in [0, 0.05) is 25.6 Å². The molecule has 18 heavy (non-hydrogen) atoms. The van der Waals surface area contributed by atoms with Crippen LogP contribution in [0.1, 0.15) is 24.8 Å². The molecule has 3 heteroatoms. The van der Waals surface area contributed by atoms with E-state index in [0.717, 1.165) is 32.5 Å². The van der Waals surface area contributed by atoms with Crippen molar-refractivity contribution < 1.29 is 4.79 Å². The maximum atomic E-state index is 11.5. The third-order valence-corrected chi connectivity index (χ3v) is 4.18. The van der Waals surface area contributed by atoms with Gasteiger partial charge in [0.25, 0.3) is 0 Å². The molecule has 2 heterocycles. The Hall–Kier alpha value is -1.35. The van der Waals surface area contributed by atoms with Gasteiger partial charge in [-0.2, -0.15) is 0 Å². The number of piperidine rings is 2. The summed E-state index contributed by atoms with van der Waals surface area (Å²) >= 11 is 0. The minimum atomic E-state index is 0.234. The van der Waals surface area contributed by atoms with Crippen LogP contribution in [-0.2, 0) is 11.3 Å². The number of nitrogens with one attached hydrogen (secondary N) is 1. The first-order valence-electron chi connectivity index (χ1n) is 6.87. The Balaban J connectivity index is 1.61. The van der Waals surface area contributed by atoms with E-state index in [1.165, 1.54) is 12.0 Å². The molecule has 3 rings (SSSR count). The third-order valence-electron chi connectivity index (χ3n) is 4.18. The molecule has 3 nitrogen and oxygen atoms in total. The minimum absolute atomic E-state index is 0.234. The Morgan fingerprint density at radius 2 is 2.06 bits per heavy atom. The second-order valence-corrected chi connectivity index (χ2v) is 5.48. The van der Waals surface area contributed by atoms with Crippen molar-refractivity contribution in [2.75, 3.05) is 13.1 Å². The number of fused-ring (bicyclic) bond motifs is 1. The van der Waals surface area contributed by atoms with E-state index in [1.807, 2.05) is 0 Å². The fraction of sp³-hybridized carbons (Fsp3) is 0.533. The summed E-state index contributed by atoms with van der Waals surface area (Å²) in [6, 6.07) is 11.0. The standard InChI is InChI=1S/C15H20N2O/c18-15-7-6-13-8-9-17(11-14(13)16-15)10-12-4-2-1-3-5-12/h1-5,13-14H,6-11H2,(H,16,18).